The third-order valence-corrected chi connectivity index (χ3v) is 5.79. The number of allylic oxidation sites excluding steroid dienone is 2. The Morgan fingerprint density at radius 2 is 0.900 bits per heavy atom. The zero-order valence-electron chi connectivity index (χ0n) is 11.6. The van der Waals surface area contributed by atoms with Crippen LogP contribution in [-0.4, -0.2) is 0 Å². The molecule has 1 heterocycles. The second-order valence-electron chi connectivity index (χ2n) is 4.96. The van der Waals surface area contributed by atoms with E-state index in [0.717, 1.165) is 0 Å². The van der Waals surface area contributed by atoms with Crippen LogP contribution in [0.2, 0.25) is 0 Å². The van der Waals surface area contributed by atoms with Gasteiger partial charge in [0, 0.05) is 9.81 Å². The van der Waals surface area contributed by atoms with Crippen molar-refractivity contribution in [3.8, 4) is 0 Å². The Labute approximate surface area is 128 Å². The summed E-state index contributed by atoms with van der Waals surface area (Å²) in [6.45, 7) is 4.24. The number of benzene rings is 2. The summed E-state index contributed by atoms with van der Waals surface area (Å²) in [5.41, 5.74) is 5.21. The molecule has 0 fully saturated rings. The lowest BCUT2D eigenvalue weighted by Crippen LogP contribution is -1.85. The molecule has 1 aliphatic heterocycles. The zero-order valence-corrected chi connectivity index (χ0v) is 13.2. The van der Waals surface area contributed by atoms with E-state index in [9.17, 15) is 0 Å². The summed E-state index contributed by atoms with van der Waals surface area (Å²) >= 11 is 0. The van der Waals surface area contributed by atoms with E-state index in [1.165, 1.54) is 32.1 Å². The van der Waals surface area contributed by atoms with Crippen LogP contribution in [0.3, 0.4) is 0 Å². The molecule has 0 aliphatic carbocycles. The van der Waals surface area contributed by atoms with Gasteiger partial charge in [-0.25, -0.2) is 0 Å². The van der Waals surface area contributed by atoms with Gasteiger partial charge in [-0.2, -0.15) is 0 Å². The Hall–Kier alpha value is -1.38. The van der Waals surface area contributed by atoms with Crippen molar-refractivity contribution in [2.24, 2.45) is 0 Å². The second-order valence-corrected chi connectivity index (χ2v) is 7.17. The van der Waals surface area contributed by atoms with Gasteiger partial charge < -0.3 is 0 Å². The highest BCUT2D eigenvalue weighted by Crippen LogP contribution is 2.48. The Balaban J connectivity index is 1.85. The standard InChI is InChI=1S/C18H16S2/c1-13-3-7-15(8-4-13)17-11-12-18(20-19-17)16-9-5-14(2)6-10-16/h3-12H,1-2H3. The van der Waals surface area contributed by atoms with Crippen LogP contribution in [0.25, 0.3) is 9.81 Å². The first-order valence-corrected chi connectivity index (χ1v) is 8.78. The van der Waals surface area contributed by atoms with Crippen LogP contribution in [0.4, 0.5) is 0 Å². The molecule has 2 heteroatoms. The van der Waals surface area contributed by atoms with Crippen LogP contribution in [0.1, 0.15) is 22.3 Å². The monoisotopic (exact) mass is 296 g/mol. The number of aryl methyl sites for hydroxylation is 2. The molecular formula is C18H16S2. The quantitative estimate of drug-likeness (QED) is 0.616. The number of hydrogen-bond donors (Lipinski definition) is 0. The van der Waals surface area contributed by atoms with Crippen molar-refractivity contribution >= 4 is 31.4 Å². The molecule has 0 aromatic heterocycles. The zero-order chi connectivity index (χ0) is 13.9. The number of rotatable bonds is 2. The third-order valence-electron chi connectivity index (χ3n) is 3.28. The Bertz CT molecular complexity index is 600. The molecule has 100 valence electrons. The smallest absolute Gasteiger partial charge is 0.0259 e. The molecular weight excluding hydrogens is 280 g/mol. The summed E-state index contributed by atoms with van der Waals surface area (Å²) in [7, 11) is 3.68. The molecule has 0 unspecified atom stereocenters. The van der Waals surface area contributed by atoms with Gasteiger partial charge >= 0.3 is 0 Å². The van der Waals surface area contributed by atoms with Crippen molar-refractivity contribution in [3.05, 3.63) is 82.9 Å². The van der Waals surface area contributed by atoms with E-state index >= 15 is 0 Å². The van der Waals surface area contributed by atoms with Gasteiger partial charge in [-0.1, -0.05) is 81.2 Å². The summed E-state index contributed by atoms with van der Waals surface area (Å²) in [5.74, 6) is 0. The molecule has 0 saturated heterocycles. The molecule has 0 spiro atoms. The summed E-state index contributed by atoms with van der Waals surface area (Å²) in [6.07, 6.45) is 4.45. The summed E-state index contributed by atoms with van der Waals surface area (Å²) in [6, 6.07) is 17.4. The van der Waals surface area contributed by atoms with Crippen LogP contribution >= 0.6 is 21.6 Å². The largest absolute Gasteiger partial charge is 0.0587 e. The molecule has 20 heavy (non-hydrogen) atoms. The molecule has 2 aromatic carbocycles. The minimum Gasteiger partial charge on any atom is -0.0587 e. The van der Waals surface area contributed by atoms with Gasteiger partial charge in [-0.3, -0.25) is 0 Å². The van der Waals surface area contributed by atoms with Crippen LogP contribution in [0.15, 0.2) is 60.7 Å². The van der Waals surface area contributed by atoms with E-state index < -0.39 is 0 Å². The molecule has 0 atom stereocenters. The Morgan fingerprint density at radius 1 is 0.550 bits per heavy atom. The predicted molar refractivity (Wildman–Crippen MR) is 93.5 cm³/mol. The molecule has 0 amide bonds. The topological polar surface area (TPSA) is 0 Å². The van der Waals surface area contributed by atoms with Gasteiger partial charge in [0.1, 0.15) is 0 Å². The van der Waals surface area contributed by atoms with Gasteiger partial charge in [0.25, 0.3) is 0 Å². The van der Waals surface area contributed by atoms with E-state index in [1.807, 2.05) is 21.6 Å². The van der Waals surface area contributed by atoms with Gasteiger partial charge in [0.15, 0.2) is 0 Å². The summed E-state index contributed by atoms with van der Waals surface area (Å²) in [4.78, 5) is 2.65. The van der Waals surface area contributed by atoms with Crippen LogP contribution in [0.5, 0.6) is 0 Å². The minimum atomic E-state index is 1.30. The third kappa shape index (κ3) is 3.02. The average Bonchev–Trinajstić information content (AvgIpc) is 2.49. The second kappa shape index (κ2) is 5.94. The van der Waals surface area contributed by atoms with Crippen LogP contribution in [-0.2, 0) is 0 Å². The predicted octanol–water partition coefficient (Wildman–Crippen LogP) is 6.08. The maximum absolute atomic E-state index is 2.22. The van der Waals surface area contributed by atoms with Gasteiger partial charge in [0.2, 0.25) is 0 Å². The molecule has 3 rings (SSSR count). The van der Waals surface area contributed by atoms with Crippen molar-refractivity contribution in [3.63, 3.8) is 0 Å². The molecule has 2 aromatic rings. The van der Waals surface area contributed by atoms with Crippen molar-refractivity contribution in [1.29, 1.82) is 0 Å². The highest BCUT2D eigenvalue weighted by atomic mass is 33.1. The molecule has 0 nitrogen and oxygen atoms in total. The molecule has 0 saturated carbocycles. The fourth-order valence-corrected chi connectivity index (χ4v) is 4.36. The SMILES string of the molecule is Cc1ccc(C2=CC=C(c3ccc(C)cc3)SS2)cc1. The molecule has 0 N–H and O–H groups in total. The maximum atomic E-state index is 2.22. The Kier molecular flexibility index (Phi) is 4.04. The first kappa shape index (κ1) is 13.6. The van der Waals surface area contributed by atoms with Gasteiger partial charge in [-0.05, 0) is 37.1 Å². The molecule has 0 bridgehead atoms. The van der Waals surface area contributed by atoms with E-state index in [2.05, 4.69) is 74.5 Å². The average molecular weight is 296 g/mol. The van der Waals surface area contributed by atoms with E-state index in [4.69, 9.17) is 0 Å². The first-order valence-electron chi connectivity index (χ1n) is 6.63. The van der Waals surface area contributed by atoms with Gasteiger partial charge in [-0.15, -0.1) is 0 Å². The summed E-state index contributed by atoms with van der Waals surface area (Å²) in [5, 5.41) is 0. The highest BCUT2D eigenvalue weighted by Gasteiger charge is 2.11. The van der Waals surface area contributed by atoms with E-state index in [0.29, 0.717) is 0 Å². The number of hydrogen-bond acceptors (Lipinski definition) is 2. The van der Waals surface area contributed by atoms with Gasteiger partial charge in [0.05, 0.1) is 0 Å². The lowest BCUT2D eigenvalue weighted by molar-refractivity contribution is 1.46. The lowest BCUT2D eigenvalue weighted by atomic mass is 10.1. The summed E-state index contributed by atoms with van der Waals surface area (Å²) < 4.78 is 0. The van der Waals surface area contributed by atoms with Crippen LogP contribution < -0.4 is 0 Å². The fourth-order valence-electron chi connectivity index (χ4n) is 2.02. The minimum absolute atomic E-state index is 1.30. The van der Waals surface area contributed by atoms with Crippen molar-refractivity contribution in [1.82, 2.24) is 0 Å². The first-order chi connectivity index (χ1) is 9.72. The highest BCUT2D eigenvalue weighted by molar-refractivity contribution is 8.83. The van der Waals surface area contributed by atoms with E-state index in [-0.39, 0.29) is 0 Å². The fraction of sp³-hybridized carbons (Fsp3) is 0.111. The lowest BCUT2D eigenvalue weighted by Gasteiger charge is -2.14. The van der Waals surface area contributed by atoms with E-state index in [1.54, 1.807) is 0 Å². The van der Waals surface area contributed by atoms with Crippen molar-refractivity contribution in [2.75, 3.05) is 0 Å². The van der Waals surface area contributed by atoms with Crippen molar-refractivity contribution in [2.45, 2.75) is 13.8 Å². The Morgan fingerprint density at radius 3 is 1.20 bits per heavy atom. The van der Waals surface area contributed by atoms with Crippen LogP contribution in [0, 0.1) is 13.8 Å². The molecule has 1 aliphatic rings. The maximum Gasteiger partial charge on any atom is 0.0259 e. The normalized spacial score (nSPS) is 14.7. The van der Waals surface area contributed by atoms with Crippen molar-refractivity contribution < 1.29 is 0 Å². The molecule has 0 radical (unpaired) electrons.